The van der Waals surface area contributed by atoms with E-state index in [1.165, 1.54) is 21.6 Å². The van der Waals surface area contributed by atoms with Crippen LogP contribution in [0.1, 0.15) is 17.9 Å². The zero-order valence-corrected chi connectivity index (χ0v) is 12.4. The second kappa shape index (κ2) is 6.15. The Balaban J connectivity index is 1.99. The first-order valence-corrected chi connectivity index (χ1v) is 8.17. The molecule has 2 aromatic rings. The molecule has 2 aromatic carbocycles. The van der Waals surface area contributed by atoms with Gasteiger partial charge in [0, 0.05) is 10.8 Å². The maximum Gasteiger partial charge on any atom is 0.0148 e. The van der Waals surface area contributed by atoms with Gasteiger partial charge in [-0.1, -0.05) is 66.8 Å². The van der Waals surface area contributed by atoms with Crippen molar-refractivity contribution in [3.8, 4) is 11.1 Å². The van der Waals surface area contributed by atoms with Crippen molar-refractivity contribution in [1.82, 2.24) is 0 Å². The Labute approximate surface area is 125 Å². The van der Waals surface area contributed by atoms with E-state index in [4.69, 9.17) is 0 Å². The van der Waals surface area contributed by atoms with Crippen molar-refractivity contribution in [2.75, 3.05) is 6.26 Å². The highest BCUT2D eigenvalue weighted by Crippen LogP contribution is 2.33. The minimum absolute atomic E-state index is 0.515. The Kier molecular flexibility index (Phi) is 4.08. The van der Waals surface area contributed by atoms with E-state index in [2.05, 4.69) is 79.1 Å². The molecule has 1 unspecified atom stereocenters. The lowest BCUT2D eigenvalue weighted by Gasteiger charge is -2.15. The topological polar surface area (TPSA) is 0 Å². The molecule has 0 spiro atoms. The van der Waals surface area contributed by atoms with Crippen molar-refractivity contribution >= 4 is 11.8 Å². The number of rotatable bonds is 3. The minimum Gasteiger partial charge on any atom is -0.129 e. The molecule has 0 saturated carbocycles. The summed E-state index contributed by atoms with van der Waals surface area (Å²) in [6.45, 7) is 0. The molecule has 0 saturated heterocycles. The van der Waals surface area contributed by atoms with Crippen LogP contribution in [0, 0.1) is 0 Å². The first-order valence-electron chi connectivity index (χ1n) is 6.95. The van der Waals surface area contributed by atoms with Crippen LogP contribution in [0.4, 0.5) is 0 Å². The van der Waals surface area contributed by atoms with Crippen LogP contribution in [-0.2, 0) is 0 Å². The van der Waals surface area contributed by atoms with Crippen LogP contribution in [0.15, 0.2) is 77.7 Å². The molecule has 0 aliphatic heterocycles. The highest BCUT2D eigenvalue weighted by atomic mass is 32.2. The molecule has 0 aromatic heterocycles. The van der Waals surface area contributed by atoms with E-state index in [0.29, 0.717) is 5.92 Å². The number of allylic oxidation sites excluding steroid dienone is 4. The lowest BCUT2D eigenvalue weighted by molar-refractivity contribution is 0.854. The first-order chi connectivity index (χ1) is 9.88. The monoisotopic (exact) mass is 278 g/mol. The van der Waals surface area contributed by atoms with Crippen LogP contribution < -0.4 is 0 Å². The molecule has 1 aliphatic carbocycles. The average molecular weight is 278 g/mol. The summed E-state index contributed by atoms with van der Waals surface area (Å²) in [4.78, 5) is 1.34. The van der Waals surface area contributed by atoms with Crippen molar-refractivity contribution in [2.24, 2.45) is 0 Å². The van der Waals surface area contributed by atoms with E-state index in [9.17, 15) is 0 Å². The number of benzene rings is 2. The molecular weight excluding hydrogens is 260 g/mol. The fraction of sp³-hybridized carbons (Fsp3) is 0.158. The first kappa shape index (κ1) is 13.3. The lowest BCUT2D eigenvalue weighted by Crippen LogP contribution is -1.96. The Morgan fingerprint density at radius 1 is 1.00 bits per heavy atom. The van der Waals surface area contributed by atoms with Crippen LogP contribution in [0.5, 0.6) is 0 Å². The molecule has 0 bridgehead atoms. The van der Waals surface area contributed by atoms with Crippen molar-refractivity contribution in [3.63, 3.8) is 0 Å². The quantitative estimate of drug-likeness (QED) is 0.651. The molecule has 0 N–H and O–H groups in total. The molecule has 1 heteroatoms. The number of thioether (sulfide) groups is 1. The lowest BCUT2D eigenvalue weighted by atomic mass is 9.90. The minimum atomic E-state index is 0.515. The second-order valence-corrected chi connectivity index (χ2v) is 5.83. The van der Waals surface area contributed by atoms with E-state index in [1.807, 2.05) is 0 Å². The van der Waals surface area contributed by atoms with Crippen LogP contribution >= 0.6 is 11.8 Å². The van der Waals surface area contributed by atoms with Gasteiger partial charge in [0.1, 0.15) is 0 Å². The van der Waals surface area contributed by atoms with Crippen molar-refractivity contribution < 1.29 is 0 Å². The summed E-state index contributed by atoms with van der Waals surface area (Å²) in [5.41, 5.74) is 4.05. The molecule has 100 valence electrons. The zero-order valence-electron chi connectivity index (χ0n) is 11.6. The SMILES string of the molecule is CSc1ccccc1-c1cccc(C2C=CC=CC2)c1. The summed E-state index contributed by atoms with van der Waals surface area (Å²) < 4.78 is 0. The number of hydrogen-bond acceptors (Lipinski definition) is 1. The summed E-state index contributed by atoms with van der Waals surface area (Å²) in [6, 6.07) is 17.6. The fourth-order valence-electron chi connectivity index (χ4n) is 2.65. The average Bonchev–Trinajstić information content (AvgIpc) is 2.56. The molecule has 0 heterocycles. The van der Waals surface area contributed by atoms with Crippen molar-refractivity contribution in [3.05, 3.63) is 78.4 Å². The molecule has 1 atom stereocenters. The van der Waals surface area contributed by atoms with Gasteiger partial charge in [-0.25, -0.2) is 0 Å². The predicted molar refractivity (Wildman–Crippen MR) is 89.3 cm³/mol. The highest BCUT2D eigenvalue weighted by Gasteiger charge is 2.10. The summed E-state index contributed by atoms with van der Waals surface area (Å²) in [6.07, 6.45) is 12.0. The van der Waals surface area contributed by atoms with Crippen LogP contribution in [0.25, 0.3) is 11.1 Å². The van der Waals surface area contributed by atoms with E-state index in [-0.39, 0.29) is 0 Å². The van der Waals surface area contributed by atoms with E-state index in [1.54, 1.807) is 11.8 Å². The second-order valence-electron chi connectivity index (χ2n) is 4.98. The van der Waals surface area contributed by atoms with Gasteiger partial charge in [-0.05, 0) is 35.4 Å². The summed E-state index contributed by atoms with van der Waals surface area (Å²) in [5, 5.41) is 0. The Hall–Kier alpha value is -1.73. The third kappa shape index (κ3) is 2.73. The Morgan fingerprint density at radius 2 is 1.90 bits per heavy atom. The molecule has 3 rings (SSSR count). The molecule has 0 radical (unpaired) electrons. The maximum atomic E-state index is 2.34. The zero-order chi connectivity index (χ0) is 13.8. The van der Waals surface area contributed by atoms with Gasteiger partial charge in [0.25, 0.3) is 0 Å². The molecule has 0 amide bonds. The third-order valence-electron chi connectivity index (χ3n) is 3.71. The summed E-state index contributed by atoms with van der Waals surface area (Å²) in [5.74, 6) is 0.515. The van der Waals surface area contributed by atoms with Gasteiger partial charge in [0.05, 0.1) is 0 Å². The van der Waals surface area contributed by atoms with Gasteiger partial charge < -0.3 is 0 Å². The summed E-state index contributed by atoms with van der Waals surface area (Å²) >= 11 is 1.81. The van der Waals surface area contributed by atoms with Gasteiger partial charge in [-0.2, -0.15) is 0 Å². The largest absolute Gasteiger partial charge is 0.129 e. The van der Waals surface area contributed by atoms with Gasteiger partial charge in [0.15, 0.2) is 0 Å². The van der Waals surface area contributed by atoms with Crippen molar-refractivity contribution in [1.29, 1.82) is 0 Å². The fourth-order valence-corrected chi connectivity index (χ4v) is 3.27. The highest BCUT2D eigenvalue weighted by molar-refractivity contribution is 7.98. The molecule has 20 heavy (non-hydrogen) atoms. The maximum absolute atomic E-state index is 2.34. The van der Waals surface area contributed by atoms with Gasteiger partial charge in [0.2, 0.25) is 0 Å². The Morgan fingerprint density at radius 3 is 2.70 bits per heavy atom. The van der Waals surface area contributed by atoms with Gasteiger partial charge in [-0.15, -0.1) is 11.8 Å². The Bertz CT molecular complexity index is 652. The predicted octanol–water partition coefficient (Wildman–Crippen LogP) is 5.68. The van der Waals surface area contributed by atoms with Crippen LogP contribution in [0.3, 0.4) is 0 Å². The van der Waals surface area contributed by atoms with Gasteiger partial charge in [-0.3, -0.25) is 0 Å². The van der Waals surface area contributed by atoms with Crippen molar-refractivity contribution in [2.45, 2.75) is 17.2 Å². The van der Waals surface area contributed by atoms with Crippen LogP contribution in [-0.4, -0.2) is 6.26 Å². The molecule has 0 nitrogen and oxygen atoms in total. The smallest absolute Gasteiger partial charge is 0.0148 e. The molecule has 0 fully saturated rings. The molecular formula is C19H18S. The van der Waals surface area contributed by atoms with E-state index in [0.717, 1.165) is 6.42 Å². The van der Waals surface area contributed by atoms with Gasteiger partial charge >= 0.3 is 0 Å². The summed E-state index contributed by atoms with van der Waals surface area (Å²) in [7, 11) is 0. The van der Waals surface area contributed by atoms with E-state index < -0.39 is 0 Å². The normalized spacial score (nSPS) is 17.4. The number of hydrogen-bond donors (Lipinski definition) is 0. The van der Waals surface area contributed by atoms with Crippen LogP contribution in [0.2, 0.25) is 0 Å². The molecule has 1 aliphatic rings. The van der Waals surface area contributed by atoms with E-state index >= 15 is 0 Å². The third-order valence-corrected chi connectivity index (χ3v) is 4.51. The standard InChI is InChI=1S/C19H18S/c1-20-19-13-6-5-12-18(19)17-11-7-10-16(14-17)15-8-3-2-4-9-15/h2-8,10-15H,9H2,1H3.